The second-order valence-electron chi connectivity index (χ2n) is 1.69. The van der Waals surface area contributed by atoms with E-state index in [1.54, 1.807) is 0 Å². The first-order chi connectivity index (χ1) is 4.84. The van der Waals surface area contributed by atoms with Crippen LogP contribution in [0.3, 0.4) is 0 Å². The highest BCUT2D eigenvalue weighted by Crippen LogP contribution is 1.98. The molecule has 4 heteroatoms. The average molecular weight is 140 g/mol. The van der Waals surface area contributed by atoms with Gasteiger partial charge < -0.3 is 4.79 Å². The van der Waals surface area contributed by atoms with Crippen LogP contribution in [-0.4, -0.2) is 16.3 Å². The second kappa shape index (κ2) is 3.00. The van der Waals surface area contributed by atoms with Gasteiger partial charge in [-0.2, -0.15) is 0 Å². The minimum absolute atomic E-state index is 0.00829. The summed E-state index contributed by atoms with van der Waals surface area (Å²) in [5.41, 5.74) is 0.144. The lowest BCUT2D eigenvalue weighted by atomic mass is 10.3. The number of aromatic nitrogens is 2. The first-order valence-electron chi connectivity index (χ1n) is 2.72. The van der Waals surface area contributed by atoms with Crippen LogP contribution in [0.15, 0.2) is 12.5 Å². The van der Waals surface area contributed by atoms with Crippen LogP contribution in [0.5, 0.6) is 0 Å². The lowest BCUT2D eigenvalue weighted by molar-refractivity contribution is -0.107. The Kier molecular flexibility index (Phi) is 2.04. The van der Waals surface area contributed by atoms with Crippen LogP contribution in [0.4, 0.5) is 4.39 Å². The summed E-state index contributed by atoms with van der Waals surface area (Å²) in [6, 6.07) is 0. The highest BCUT2D eigenvalue weighted by Gasteiger charge is 1.99. The Morgan fingerprint density at radius 1 is 1.70 bits per heavy atom. The van der Waals surface area contributed by atoms with E-state index in [1.165, 1.54) is 6.33 Å². The minimum Gasteiger partial charge on any atom is -0.303 e. The SMILES string of the molecule is O=CCc1ncncc1F. The summed E-state index contributed by atoms with van der Waals surface area (Å²) >= 11 is 0. The van der Waals surface area contributed by atoms with Crippen LogP contribution in [0.25, 0.3) is 0 Å². The number of nitrogens with zero attached hydrogens (tertiary/aromatic N) is 2. The van der Waals surface area contributed by atoms with Gasteiger partial charge in [0.25, 0.3) is 0 Å². The Morgan fingerprint density at radius 2 is 2.50 bits per heavy atom. The van der Waals surface area contributed by atoms with E-state index in [0.717, 1.165) is 6.20 Å². The van der Waals surface area contributed by atoms with Crippen molar-refractivity contribution >= 4 is 6.29 Å². The Morgan fingerprint density at radius 3 is 3.10 bits per heavy atom. The van der Waals surface area contributed by atoms with Crippen LogP contribution in [0, 0.1) is 5.82 Å². The zero-order valence-corrected chi connectivity index (χ0v) is 5.12. The molecule has 0 bridgehead atoms. The van der Waals surface area contributed by atoms with Crippen molar-refractivity contribution < 1.29 is 9.18 Å². The van der Waals surface area contributed by atoms with Crippen molar-refractivity contribution in [2.24, 2.45) is 0 Å². The normalized spacial score (nSPS) is 9.30. The molecule has 0 spiro atoms. The molecule has 1 heterocycles. The quantitative estimate of drug-likeness (QED) is 0.557. The highest BCUT2D eigenvalue weighted by atomic mass is 19.1. The predicted molar refractivity (Wildman–Crippen MR) is 31.8 cm³/mol. The van der Waals surface area contributed by atoms with E-state index in [2.05, 4.69) is 9.97 Å². The molecule has 0 aliphatic carbocycles. The molecule has 0 aromatic carbocycles. The van der Waals surface area contributed by atoms with E-state index in [9.17, 15) is 9.18 Å². The predicted octanol–water partition coefficient (Wildman–Crippen LogP) is 0.357. The molecule has 0 unspecified atom stereocenters. The number of halogens is 1. The van der Waals surface area contributed by atoms with E-state index in [0.29, 0.717) is 6.29 Å². The van der Waals surface area contributed by atoms with Crippen molar-refractivity contribution in [3.8, 4) is 0 Å². The van der Waals surface area contributed by atoms with Crippen LogP contribution < -0.4 is 0 Å². The fourth-order valence-corrected chi connectivity index (χ4v) is 0.567. The van der Waals surface area contributed by atoms with Gasteiger partial charge in [-0.15, -0.1) is 0 Å². The Labute approximate surface area is 56.9 Å². The van der Waals surface area contributed by atoms with Gasteiger partial charge in [-0.1, -0.05) is 0 Å². The molecule has 0 atom stereocenters. The average Bonchev–Trinajstić information content (AvgIpc) is 1.94. The van der Waals surface area contributed by atoms with E-state index in [-0.39, 0.29) is 12.1 Å². The molecular formula is C6H5FN2O. The number of aldehydes is 1. The summed E-state index contributed by atoms with van der Waals surface area (Å²) < 4.78 is 12.5. The van der Waals surface area contributed by atoms with Crippen molar-refractivity contribution in [3.63, 3.8) is 0 Å². The zero-order chi connectivity index (χ0) is 7.40. The highest BCUT2D eigenvalue weighted by molar-refractivity contribution is 5.53. The largest absolute Gasteiger partial charge is 0.303 e. The fourth-order valence-electron chi connectivity index (χ4n) is 0.567. The smallest absolute Gasteiger partial charge is 0.163 e. The summed E-state index contributed by atoms with van der Waals surface area (Å²) in [5, 5.41) is 0. The molecule has 0 aliphatic heterocycles. The van der Waals surface area contributed by atoms with Gasteiger partial charge in [0.05, 0.1) is 11.9 Å². The number of hydrogen-bond donors (Lipinski definition) is 0. The lowest BCUT2D eigenvalue weighted by Gasteiger charge is -1.92. The van der Waals surface area contributed by atoms with Gasteiger partial charge in [0.15, 0.2) is 5.82 Å². The van der Waals surface area contributed by atoms with E-state index >= 15 is 0 Å². The molecule has 0 fully saturated rings. The van der Waals surface area contributed by atoms with E-state index < -0.39 is 5.82 Å². The van der Waals surface area contributed by atoms with Crippen molar-refractivity contribution in [2.45, 2.75) is 6.42 Å². The van der Waals surface area contributed by atoms with Crippen LogP contribution in [-0.2, 0) is 11.2 Å². The minimum atomic E-state index is -0.533. The molecule has 1 rings (SSSR count). The van der Waals surface area contributed by atoms with Gasteiger partial charge in [0, 0.05) is 6.42 Å². The summed E-state index contributed by atoms with van der Waals surface area (Å²) in [4.78, 5) is 16.9. The first kappa shape index (κ1) is 6.80. The maximum atomic E-state index is 12.5. The maximum Gasteiger partial charge on any atom is 0.163 e. The zero-order valence-electron chi connectivity index (χ0n) is 5.12. The van der Waals surface area contributed by atoms with Gasteiger partial charge in [-0.3, -0.25) is 0 Å². The molecule has 0 N–H and O–H groups in total. The molecule has 1 aromatic heterocycles. The Balaban J connectivity index is 2.91. The molecule has 0 saturated heterocycles. The third-order valence-corrected chi connectivity index (χ3v) is 1.02. The number of carbonyl (C=O) groups is 1. The lowest BCUT2D eigenvalue weighted by Crippen LogP contribution is -1.95. The molecular weight excluding hydrogens is 135 g/mol. The van der Waals surface area contributed by atoms with E-state index in [1.807, 2.05) is 0 Å². The standard InChI is InChI=1S/C6H5FN2O/c7-5-3-8-4-9-6(5)1-2-10/h2-4H,1H2. The van der Waals surface area contributed by atoms with Crippen molar-refractivity contribution in [2.75, 3.05) is 0 Å². The fraction of sp³-hybridized carbons (Fsp3) is 0.167. The molecule has 0 aliphatic rings. The van der Waals surface area contributed by atoms with Crippen molar-refractivity contribution in [3.05, 3.63) is 24.0 Å². The molecule has 0 radical (unpaired) electrons. The summed E-state index contributed by atoms with van der Waals surface area (Å²) in [6.45, 7) is 0. The van der Waals surface area contributed by atoms with Crippen molar-refractivity contribution in [1.82, 2.24) is 9.97 Å². The van der Waals surface area contributed by atoms with Crippen LogP contribution in [0.1, 0.15) is 5.69 Å². The van der Waals surface area contributed by atoms with Gasteiger partial charge in [0.1, 0.15) is 12.6 Å². The van der Waals surface area contributed by atoms with Gasteiger partial charge in [0.2, 0.25) is 0 Å². The molecule has 3 nitrogen and oxygen atoms in total. The number of hydrogen-bond acceptors (Lipinski definition) is 3. The third kappa shape index (κ3) is 1.34. The molecule has 52 valence electrons. The molecule has 1 aromatic rings. The molecule has 0 saturated carbocycles. The van der Waals surface area contributed by atoms with Crippen LogP contribution >= 0.6 is 0 Å². The molecule has 0 amide bonds. The van der Waals surface area contributed by atoms with Crippen LogP contribution in [0.2, 0.25) is 0 Å². The number of rotatable bonds is 2. The van der Waals surface area contributed by atoms with E-state index in [4.69, 9.17) is 0 Å². The second-order valence-corrected chi connectivity index (χ2v) is 1.69. The monoisotopic (exact) mass is 140 g/mol. The first-order valence-corrected chi connectivity index (χ1v) is 2.72. The van der Waals surface area contributed by atoms with Crippen molar-refractivity contribution in [1.29, 1.82) is 0 Å². The topological polar surface area (TPSA) is 42.9 Å². The van der Waals surface area contributed by atoms with Gasteiger partial charge in [-0.25, -0.2) is 14.4 Å². The Hall–Kier alpha value is -1.32. The summed E-state index contributed by atoms with van der Waals surface area (Å²) in [6.07, 6.45) is 2.85. The summed E-state index contributed by atoms with van der Waals surface area (Å²) in [5.74, 6) is -0.533. The number of carbonyl (C=O) groups excluding carboxylic acids is 1. The van der Waals surface area contributed by atoms with Gasteiger partial charge >= 0.3 is 0 Å². The van der Waals surface area contributed by atoms with Gasteiger partial charge in [-0.05, 0) is 0 Å². The molecule has 10 heavy (non-hydrogen) atoms. The third-order valence-electron chi connectivity index (χ3n) is 1.02. The Bertz CT molecular complexity index is 239. The maximum absolute atomic E-state index is 12.5. The summed E-state index contributed by atoms with van der Waals surface area (Å²) in [7, 11) is 0.